The third kappa shape index (κ3) is 2.46. The van der Waals surface area contributed by atoms with Crippen LogP contribution in [0.1, 0.15) is 4.88 Å². The molecular formula is C15H11BrN2OS. The average Bonchev–Trinajstić information content (AvgIpc) is 2.89. The molecule has 3 aromatic rings. The molecule has 1 aromatic carbocycles. The van der Waals surface area contributed by atoms with Crippen LogP contribution in [-0.2, 0) is 0 Å². The highest BCUT2D eigenvalue weighted by atomic mass is 79.9. The number of aromatic amines is 1. The molecule has 3 rings (SSSR count). The highest BCUT2D eigenvalue weighted by molar-refractivity contribution is 9.10. The fourth-order valence-electron chi connectivity index (χ4n) is 1.92. The second-order valence-corrected chi connectivity index (χ2v) is 6.43. The SMILES string of the molecule is Cc1ccc(-c2nc(-c3ccccc3)c(Br)c(=O)[nH]2)s1. The number of rotatable bonds is 2. The fraction of sp³-hybridized carbons (Fsp3) is 0.0667. The van der Waals surface area contributed by atoms with Crippen LogP contribution in [0.15, 0.2) is 51.7 Å². The van der Waals surface area contributed by atoms with E-state index in [0.29, 0.717) is 16.0 Å². The molecular weight excluding hydrogens is 336 g/mol. The molecule has 2 heterocycles. The Labute approximate surface area is 128 Å². The number of nitrogens with one attached hydrogen (secondary N) is 1. The van der Waals surface area contributed by atoms with Crippen molar-refractivity contribution >= 4 is 27.3 Å². The molecule has 0 saturated heterocycles. The van der Waals surface area contributed by atoms with Gasteiger partial charge in [0.15, 0.2) is 5.82 Å². The molecule has 5 heteroatoms. The van der Waals surface area contributed by atoms with Crippen molar-refractivity contribution in [3.8, 4) is 22.0 Å². The van der Waals surface area contributed by atoms with Crippen molar-refractivity contribution < 1.29 is 0 Å². The molecule has 0 aliphatic rings. The van der Waals surface area contributed by atoms with Crippen molar-refractivity contribution in [3.63, 3.8) is 0 Å². The number of H-pyrrole nitrogens is 1. The Morgan fingerprint density at radius 1 is 1.15 bits per heavy atom. The minimum atomic E-state index is -0.167. The van der Waals surface area contributed by atoms with Gasteiger partial charge in [-0.15, -0.1) is 11.3 Å². The quantitative estimate of drug-likeness (QED) is 0.754. The van der Waals surface area contributed by atoms with Crippen LogP contribution < -0.4 is 5.56 Å². The number of aryl methyl sites for hydroxylation is 1. The number of nitrogens with zero attached hydrogens (tertiary/aromatic N) is 1. The largest absolute Gasteiger partial charge is 0.305 e. The lowest BCUT2D eigenvalue weighted by Gasteiger charge is -2.05. The van der Waals surface area contributed by atoms with Gasteiger partial charge < -0.3 is 4.98 Å². The van der Waals surface area contributed by atoms with Crippen LogP contribution in [0.2, 0.25) is 0 Å². The van der Waals surface area contributed by atoms with Gasteiger partial charge in [0.25, 0.3) is 5.56 Å². The molecule has 0 fully saturated rings. The van der Waals surface area contributed by atoms with Gasteiger partial charge in [0.05, 0.1) is 10.6 Å². The Kier molecular flexibility index (Phi) is 3.54. The van der Waals surface area contributed by atoms with Gasteiger partial charge in [0, 0.05) is 10.4 Å². The normalized spacial score (nSPS) is 10.7. The molecule has 0 bridgehead atoms. The zero-order chi connectivity index (χ0) is 14.1. The first-order valence-electron chi connectivity index (χ1n) is 6.07. The van der Waals surface area contributed by atoms with E-state index in [1.807, 2.05) is 49.4 Å². The predicted molar refractivity (Wildman–Crippen MR) is 86.0 cm³/mol. The van der Waals surface area contributed by atoms with Crippen molar-refractivity contribution in [2.45, 2.75) is 6.92 Å². The van der Waals surface area contributed by atoms with E-state index in [4.69, 9.17) is 0 Å². The van der Waals surface area contributed by atoms with Crippen molar-refractivity contribution in [1.82, 2.24) is 9.97 Å². The Morgan fingerprint density at radius 2 is 1.90 bits per heavy atom. The maximum atomic E-state index is 12.1. The van der Waals surface area contributed by atoms with Crippen molar-refractivity contribution in [3.05, 3.63) is 62.2 Å². The van der Waals surface area contributed by atoms with E-state index in [0.717, 1.165) is 10.4 Å². The summed E-state index contributed by atoms with van der Waals surface area (Å²) < 4.78 is 0.459. The first-order valence-corrected chi connectivity index (χ1v) is 7.68. The van der Waals surface area contributed by atoms with E-state index in [1.54, 1.807) is 11.3 Å². The molecule has 20 heavy (non-hydrogen) atoms. The van der Waals surface area contributed by atoms with Gasteiger partial charge in [-0.25, -0.2) is 4.98 Å². The minimum absolute atomic E-state index is 0.167. The summed E-state index contributed by atoms with van der Waals surface area (Å²) in [6.07, 6.45) is 0. The Morgan fingerprint density at radius 3 is 2.55 bits per heavy atom. The van der Waals surface area contributed by atoms with Crippen LogP contribution in [0.25, 0.3) is 22.0 Å². The van der Waals surface area contributed by atoms with Gasteiger partial charge in [-0.3, -0.25) is 4.79 Å². The molecule has 1 N–H and O–H groups in total. The van der Waals surface area contributed by atoms with Crippen molar-refractivity contribution in [2.24, 2.45) is 0 Å². The Balaban J connectivity index is 2.21. The van der Waals surface area contributed by atoms with E-state index >= 15 is 0 Å². The zero-order valence-electron chi connectivity index (χ0n) is 10.7. The van der Waals surface area contributed by atoms with E-state index < -0.39 is 0 Å². The summed E-state index contributed by atoms with van der Waals surface area (Å²) in [7, 11) is 0. The summed E-state index contributed by atoms with van der Waals surface area (Å²) in [4.78, 5) is 21.6. The van der Waals surface area contributed by atoms with Gasteiger partial charge >= 0.3 is 0 Å². The number of hydrogen-bond donors (Lipinski definition) is 1. The standard InChI is InChI=1S/C15H11BrN2OS/c1-9-7-8-11(20-9)14-17-13(12(16)15(19)18-14)10-5-3-2-4-6-10/h2-8H,1H3,(H,17,18,19). The molecule has 0 amide bonds. The zero-order valence-corrected chi connectivity index (χ0v) is 13.1. The van der Waals surface area contributed by atoms with Crippen LogP contribution in [-0.4, -0.2) is 9.97 Å². The fourth-order valence-corrected chi connectivity index (χ4v) is 3.15. The summed E-state index contributed by atoms with van der Waals surface area (Å²) in [6.45, 7) is 2.03. The minimum Gasteiger partial charge on any atom is -0.305 e. The van der Waals surface area contributed by atoms with Crippen LogP contribution in [0.4, 0.5) is 0 Å². The van der Waals surface area contributed by atoms with Crippen LogP contribution in [0, 0.1) is 6.92 Å². The van der Waals surface area contributed by atoms with Crippen molar-refractivity contribution in [1.29, 1.82) is 0 Å². The van der Waals surface area contributed by atoms with Gasteiger partial charge in [0.2, 0.25) is 0 Å². The van der Waals surface area contributed by atoms with E-state index in [1.165, 1.54) is 4.88 Å². The number of thiophene rings is 1. The second kappa shape index (κ2) is 5.34. The molecule has 2 aromatic heterocycles. The first-order chi connectivity index (χ1) is 9.65. The highest BCUT2D eigenvalue weighted by Gasteiger charge is 2.12. The van der Waals surface area contributed by atoms with Gasteiger partial charge in [-0.05, 0) is 35.0 Å². The average molecular weight is 347 g/mol. The van der Waals surface area contributed by atoms with Gasteiger partial charge in [-0.2, -0.15) is 0 Å². The maximum absolute atomic E-state index is 12.1. The molecule has 100 valence electrons. The third-order valence-corrected chi connectivity index (χ3v) is 4.63. The molecule has 0 aliphatic carbocycles. The van der Waals surface area contributed by atoms with Gasteiger partial charge in [0.1, 0.15) is 4.47 Å². The summed E-state index contributed by atoms with van der Waals surface area (Å²) in [5.74, 6) is 0.607. The molecule has 0 saturated carbocycles. The first kappa shape index (κ1) is 13.3. The lowest BCUT2D eigenvalue weighted by atomic mass is 10.1. The third-order valence-electron chi connectivity index (χ3n) is 2.88. The summed E-state index contributed by atoms with van der Waals surface area (Å²) in [5.41, 5.74) is 1.41. The van der Waals surface area contributed by atoms with E-state index in [9.17, 15) is 4.79 Å². The molecule has 3 nitrogen and oxygen atoms in total. The van der Waals surface area contributed by atoms with E-state index in [-0.39, 0.29) is 5.56 Å². The smallest absolute Gasteiger partial charge is 0.266 e. The highest BCUT2D eigenvalue weighted by Crippen LogP contribution is 2.28. The van der Waals surface area contributed by atoms with Crippen LogP contribution in [0.5, 0.6) is 0 Å². The summed E-state index contributed by atoms with van der Waals surface area (Å²) in [5, 5.41) is 0. The molecule has 0 spiro atoms. The number of aromatic nitrogens is 2. The summed E-state index contributed by atoms with van der Waals surface area (Å²) >= 11 is 4.94. The van der Waals surface area contributed by atoms with Crippen LogP contribution in [0.3, 0.4) is 0 Å². The van der Waals surface area contributed by atoms with Gasteiger partial charge in [-0.1, -0.05) is 30.3 Å². The predicted octanol–water partition coefficient (Wildman–Crippen LogP) is 4.24. The molecule has 0 aliphatic heterocycles. The number of benzene rings is 1. The molecule has 0 atom stereocenters. The summed E-state index contributed by atoms with van der Waals surface area (Å²) in [6, 6.07) is 13.7. The lowest BCUT2D eigenvalue weighted by Crippen LogP contribution is -2.11. The Bertz CT molecular complexity index is 808. The second-order valence-electron chi connectivity index (χ2n) is 4.35. The Hall–Kier alpha value is -1.72. The lowest BCUT2D eigenvalue weighted by molar-refractivity contribution is 1.12. The molecule has 0 radical (unpaired) electrons. The van der Waals surface area contributed by atoms with Crippen molar-refractivity contribution in [2.75, 3.05) is 0 Å². The molecule has 0 unspecified atom stereocenters. The van der Waals surface area contributed by atoms with Crippen LogP contribution >= 0.6 is 27.3 Å². The monoisotopic (exact) mass is 346 g/mol. The number of hydrogen-bond acceptors (Lipinski definition) is 3. The topological polar surface area (TPSA) is 45.8 Å². The van der Waals surface area contributed by atoms with E-state index in [2.05, 4.69) is 25.9 Å². The number of halogens is 1. The maximum Gasteiger partial charge on any atom is 0.266 e.